The van der Waals surface area contributed by atoms with Crippen LogP contribution in [0.1, 0.15) is 45.2 Å². The van der Waals surface area contributed by atoms with E-state index in [1.54, 1.807) is 0 Å². The van der Waals surface area contributed by atoms with Crippen LogP contribution < -0.4 is 0 Å². The van der Waals surface area contributed by atoms with Gasteiger partial charge in [0, 0.05) is 0 Å². The second kappa shape index (κ2) is 8.35. The highest BCUT2D eigenvalue weighted by Crippen LogP contribution is 2.68. The molecule has 0 radical (unpaired) electrons. The van der Waals surface area contributed by atoms with Crippen molar-refractivity contribution in [3.05, 3.63) is 35.9 Å². The van der Waals surface area contributed by atoms with Gasteiger partial charge >= 0.3 is 7.60 Å². The van der Waals surface area contributed by atoms with Gasteiger partial charge in [-0.3, -0.25) is 4.57 Å². The summed E-state index contributed by atoms with van der Waals surface area (Å²) in [5, 5.41) is 0.188. The lowest BCUT2D eigenvalue weighted by Gasteiger charge is -2.40. The molecule has 0 saturated heterocycles. The van der Waals surface area contributed by atoms with E-state index in [0.717, 1.165) is 5.56 Å². The SMILES string of the molecule is CCOP(=O)(OCC)C(S[Si](C)(C)C(C)(C)C)c1ccccc1. The van der Waals surface area contributed by atoms with Crippen LogP contribution in [0.15, 0.2) is 30.3 Å². The van der Waals surface area contributed by atoms with Crippen LogP contribution in [0.3, 0.4) is 0 Å². The molecular weight excluding hydrogens is 343 g/mol. The second-order valence-electron chi connectivity index (χ2n) is 7.02. The van der Waals surface area contributed by atoms with Crippen LogP contribution in [-0.4, -0.2) is 20.4 Å². The molecule has 0 aliphatic rings. The van der Waals surface area contributed by atoms with Crippen molar-refractivity contribution in [2.75, 3.05) is 13.2 Å². The predicted molar refractivity (Wildman–Crippen MR) is 105 cm³/mol. The molecule has 0 aliphatic heterocycles. The van der Waals surface area contributed by atoms with E-state index in [1.807, 2.05) is 55.4 Å². The molecule has 6 heteroatoms. The van der Waals surface area contributed by atoms with E-state index in [1.165, 1.54) is 0 Å². The molecule has 0 N–H and O–H groups in total. The molecule has 0 spiro atoms. The van der Waals surface area contributed by atoms with Gasteiger partial charge in [0.05, 0.1) is 13.2 Å². The first-order valence-corrected chi connectivity index (χ1v) is 14.4. The minimum atomic E-state index is -3.22. The normalized spacial score (nSPS) is 14.7. The molecule has 0 aliphatic carbocycles. The molecule has 0 aromatic heterocycles. The zero-order chi connectivity index (χ0) is 17.7. The van der Waals surface area contributed by atoms with E-state index in [9.17, 15) is 4.57 Å². The molecule has 1 aromatic rings. The van der Waals surface area contributed by atoms with Crippen molar-refractivity contribution in [3.63, 3.8) is 0 Å². The van der Waals surface area contributed by atoms with Crippen LogP contribution >= 0.6 is 18.8 Å². The van der Waals surface area contributed by atoms with Crippen LogP contribution in [0.4, 0.5) is 0 Å². The molecule has 0 saturated carbocycles. The summed E-state index contributed by atoms with van der Waals surface area (Å²) < 4.78 is 24.8. The molecule has 1 aromatic carbocycles. The lowest BCUT2D eigenvalue weighted by Crippen LogP contribution is -2.34. The summed E-state index contributed by atoms with van der Waals surface area (Å²) in [6.45, 7) is 16.0. The van der Waals surface area contributed by atoms with Gasteiger partial charge in [-0.25, -0.2) is 0 Å². The maximum Gasteiger partial charge on any atom is 0.347 e. The highest BCUT2D eigenvalue weighted by atomic mass is 32.4. The van der Waals surface area contributed by atoms with Crippen molar-refractivity contribution in [3.8, 4) is 0 Å². The van der Waals surface area contributed by atoms with Crippen molar-refractivity contribution in [2.24, 2.45) is 0 Å². The molecule has 1 unspecified atom stereocenters. The monoisotopic (exact) mass is 374 g/mol. The minimum Gasteiger partial charge on any atom is -0.308 e. The van der Waals surface area contributed by atoms with Crippen molar-refractivity contribution < 1.29 is 13.6 Å². The Labute approximate surface area is 146 Å². The highest BCUT2D eigenvalue weighted by molar-refractivity contribution is 8.31. The summed E-state index contributed by atoms with van der Waals surface area (Å²) in [7, 11) is -4.95. The summed E-state index contributed by atoms with van der Waals surface area (Å²) in [6, 6.07) is 9.99. The van der Waals surface area contributed by atoms with Crippen molar-refractivity contribution in [1.82, 2.24) is 0 Å². The first-order chi connectivity index (χ1) is 10.6. The first kappa shape index (κ1) is 21.0. The number of rotatable bonds is 8. The molecule has 23 heavy (non-hydrogen) atoms. The van der Waals surface area contributed by atoms with Gasteiger partial charge in [-0.05, 0) is 24.4 Å². The van der Waals surface area contributed by atoms with E-state index < -0.39 is 14.8 Å². The quantitative estimate of drug-likeness (QED) is 0.375. The third-order valence-electron chi connectivity index (χ3n) is 4.20. The lowest BCUT2D eigenvalue weighted by atomic mass is 10.2. The van der Waals surface area contributed by atoms with Gasteiger partial charge in [0.15, 0.2) is 0 Å². The molecule has 3 nitrogen and oxygen atoms in total. The van der Waals surface area contributed by atoms with E-state index in [4.69, 9.17) is 9.05 Å². The van der Waals surface area contributed by atoms with E-state index in [-0.39, 0.29) is 10.0 Å². The largest absolute Gasteiger partial charge is 0.347 e. The number of hydrogen-bond donors (Lipinski definition) is 0. The number of benzene rings is 1. The summed E-state index contributed by atoms with van der Waals surface area (Å²) in [6.07, 6.45) is 0. The topological polar surface area (TPSA) is 35.5 Å². The molecule has 1 atom stereocenters. The smallest absolute Gasteiger partial charge is 0.308 e. The van der Waals surface area contributed by atoms with E-state index >= 15 is 0 Å². The van der Waals surface area contributed by atoms with Gasteiger partial charge in [-0.2, -0.15) is 11.2 Å². The maximum absolute atomic E-state index is 13.5. The molecule has 0 heterocycles. The fourth-order valence-corrected chi connectivity index (χ4v) is 12.3. The lowest BCUT2D eigenvalue weighted by molar-refractivity contribution is 0.218. The summed E-state index contributed by atoms with van der Waals surface area (Å²) in [5.74, 6) is 0. The molecule has 0 amide bonds. The Morgan fingerprint density at radius 3 is 1.96 bits per heavy atom. The van der Waals surface area contributed by atoms with E-state index in [2.05, 4.69) is 33.9 Å². The second-order valence-corrected chi connectivity index (χ2v) is 18.5. The molecule has 0 fully saturated rings. The predicted octanol–water partition coefficient (Wildman–Crippen LogP) is 6.69. The van der Waals surface area contributed by atoms with Gasteiger partial charge in [-0.15, -0.1) is 0 Å². The molecular formula is C17H31O3PSSi. The summed E-state index contributed by atoms with van der Waals surface area (Å²) in [5.41, 5.74) is 1.02. The number of hydrogen-bond acceptors (Lipinski definition) is 4. The molecule has 0 bridgehead atoms. The van der Waals surface area contributed by atoms with E-state index in [0.29, 0.717) is 13.2 Å². The van der Waals surface area contributed by atoms with Gasteiger partial charge in [0.1, 0.15) is 12.2 Å². The highest BCUT2D eigenvalue weighted by Gasteiger charge is 2.45. The van der Waals surface area contributed by atoms with Crippen LogP contribution in [0, 0.1) is 0 Å². The average Bonchev–Trinajstić information content (AvgIpc) is 2.45. The van der Waals surface area contributed by atoms with Crippen LogP contribution in [0.5, 0.6) is 0 Å². The van der Waals surface area contributed by atoms with Crippen LogP contribution in [0.25, 0.3) is 0 Å². The minimum absolute atomic E-state index is 0.188. The third kappa shape index (κ3) is 5.47. The average molecular weight is 375 g/mol. The zero-order valence-corrected chi connectivity index (χ0v) is 18.2. The van der Waals surface area contributed by atoms with Crippen molar-refractivity contribution >= 4 is 26.0 Å². The standard InChI is InChI=1S/C17H31O3PSSi/c1-8-19-21(18,20-9-2)16(15-13-11-10-12-14-15)22-23(6,7)17(3,4)5/h10-14,16H,8-9H2,1-7H3. The Bertz CT molecular complexity index is 518. The van der Waals surface area contributed by atoms with Gasteiger partial charge in [0.2, 0.25) is 0 Å². The van der Waals surface area contributed by atoms with Gasteiger partial charge < -0.3 is 9.05 Å². The summed E-state index contributed by atoms with van der Waals surface area (Å²) in [4.78, 5) is -0.274. The Balaban J connectivity index is 3.30. The molecule has 132 valence electrons. The Kier molecular flexibility index (Phi) is 7.62. The third-order valence-corrected chi connectivity index (χ3v) is 17.0. The maximum atomic E-state index is 13.5. The fourth-order valence-electron chi connectivity index (χ4n) is 1.92. The van der Waals surface area contributed by atoms with Gasteiger partial charge in [-0.1, -0.05) is 64.2 Å². The Morgan fingerprint density at radius 2 is 1.57 bits per heavy atom. The zero-order valence-electron chi connectivity index (χ0n) is 15.5. The Hall–Kier alpha value is -0.0631. The van der Waals surface area contributed by atoms with Gasteiger partial charge in [0.25, 0.3) is 0 Å². The van der Waals surface area contributed by atoms with Crippen LogP contribution in [0.2, 0.25) is 18.1 Å². The van der Waals surface area contributed by atoms with Crippen LogP contribution in [-0.2, 0) is 13.6 Å². The Morgan fingerprint density at radius 1 is 1.09 bits per heavy atom. The summed E-state index contributed by atoms with van der Waals surface area (Å²) >= 11 is 1.82. The fraction of sp³-hybridized carbons (Fsp3) is 0.647. The first-order valence-electron chi connectivity index (χ1n) is 8.19. The molecule has 1 rings (SSSR count). The van der Waals surface area contributed by atoms with Crippen molar-refractivity contribution in [2.45, 2.75) is 57.7 Å². The van der Waals surface area contributed by atoms with Crippen molar-refractivity contribution in [1.29, 1.82) is 0 Å².